The number of likely N-dealkylation sites (N-methyl/N-ethyl adjacent to an activating group) is 1. The molecule has 0 spiro atoms. The summed E-state index contributed by atoms with van der Waals surface area (Å²) in [6, 6.07) is 14.1. The fraction of sp³-hybridized carbons (Fsp3) is 0.304. The molecule has 1 N–H and O–H groups in total. The molecule has 1 aromatic heterocycles. The Kier molecular flexibility index (Phi) is 6.78. The third-order valence-corrected chi connectivity index (χ3v) is 7.35. The minimum Gasteiger partial charge on any atom is -0.497 e. The molecule has 8 nitrogen and oxygen atoms in total. The number of carbonyl (C=O) groups excluding carboxylic acids is 2. The van der Waals surface area contributed by atoms with Crippen molar-refractivity contribution in [3.8, 4) is 5.75 Å². The van der Waals surface area contributed by atoms with Crippen molar-refractivity contribution in [3.05, 3.63) is 76.0 Å². The second-order valence-electron chi connectivity index (χ2n) is 8.63. The Bertz CT molecular complexity index is 1140. The summed E-state index contributed by atoms with van der Waals surface area (Å²) in [5.74, 6) is -1.26. The van der Waals surface area contributed by atoms with Gasteiger partial charge < -0.3 is 9.64 Å². The first-order valence-electron chi connectivity index (χ1n) is 10.2. The highest BCUT2D eigenvalue weighted by Gasteiger charge is 2.31. The summed E-state index contributed by atoms with van der Waals surface area (Å²) in [6.07, 6.45) is 0.148. The van der Waals surface area contributed by atoms with E-state index in [-0.39, 0.29) is 18.0 Å². The number of hydrogen-bond acceptors (Lipinski definition) is 6. The van der Waals surface area contributed by atoms with Gasteiger partial charge in [-0.1, -0.05) is 61.2 Å². The maximum absolute atomic E-state index is 13.4. The number of carbonyl (C=O) groups is 2. The molecule has 0 radical (unpaired) electrons. The molecular formula is C23H27N3O5Si. The number of methoxy groups -OCH3 is 1. The molecule has 0 aliphatic heterocycles. The van der Waals surface area contributed by atoms with E-state index >= 15 is 0 Å². The number of ether oxygens (including phenoxy) is 1. The predicted octanol–water partition coefficient (Wildman–Crippen LogP) is 2.54. The molecule has 0 bridgehead atoms. The first kappa shape index (κ1) is 23.2. The van der Waals surface area contributed by atoms with Crippen LogP contribution in [0.4, 0.5) is 0 Å². The fourth-order valence-electron chi connectivity index (χ4n) is 3.44. The number of ketones is 1. The largest absolute Gasteiger partial charge is 0.497 e. The van der Waals surface area contributed by atoms with E-state index in [4.69, 9.17) is 4.74 Å². The molecule has 32 heavy (non-hydrogen) atoms. The number of aromatic amines is 1. The summed E-state index contributed by atoms with van der Waals surface area (Å²) < 4.78 is 9.64. The third-order valence-electron chi connectivity index (χ3n) is 5.29. The fourth-order valence-corrected chi connectivity index (χ4v) is 4.61. The molecular weight excluding hydrogens is 426 g/mol. The zero-order valence-corrected chi connectivity index (χ0v) is 19.8. The highest BCUT2D eigenvalue weighted by atomic mass is 28.3. The molecule has 168 valence electrons. The SMILES string of the molecule is COc1ccc(C(C(=O)Cc2ccc([Si](C)(C)C)cc2)N(C)C(=O)c2noc(=O)[nH]2)cc1. The molecule has 1 atom stereocenters. The summed E-state index contributed by atoms with van der Waals surface area (Å²) in [5, 5.41) is 4.76. The van der Waals surface area contributed by atoms with Gasteiger partial charge in [0.1, 0.15) is 11.8 Å². The van der Waals surface area contributed by atoms with Gasteiger partial charge in [-0.2, -0.15) is 0 Å². The molecule has 9 heteroatoms. The standard InChI is InChI=1S/C23H27N3O5Si/c1-26(22(28)21-24-23(29)31-25-21)20(16-8-10-17(30-2)11-9-16)19(27)14-15-6-12-18(13-7-15)32(3,4)5/h6-13,20H,14H2,1-5H3,(H,24,25,29). The number of hydrogen-bond donors (Lipinski definition) is 1. The molecule has 0 saturated heterocycles. The topological polar surface area (TPSA) is 106 Å². The van der Waals surface area contributed by atoms with Crippen LogP contribution in [0.5, 0.6) is 5.75 Å². The van der Waals surface area contributed by atoms with E-state index in [1.54, 1.807) is 31.4 Å². The normalized spacial score (nSPS) is 12.3. The molecule has 1 amide bonds. The smallest absolute Gasteiger partial charge is 0.439 e. The van der Waals surface area contributed by atoms with Gasteiger partial charge in [-0.05, 0) is 28.4 Å². The average Bonchev–Trinajstić information content (AvgIpc) is 3.19. The number of aromatic nitrogens is 2. The van der Waals surface area contributed by atoms with Crippen molar-refractivity contribution >= 4 is 25.0 Å². The highest BCUT2D eigenvalue weighted by Crippen LogP contribution is 2.25. The van der Waals surface area contributed by atoms with Crippen LogP contribution in [0.15, 0.2) is 57.8 Å². The van der Waals surface area contributed by atoms with Crippen LogP contribution in [-0.2, 0) is 11.2 Å². The number of nitrogens with one attached hydrogen (secondary N) is 1. The summed E-state index contributed by atoms with van der Waals surface area (Å²) >= 11 is 0. The molecule has 0 aliphatic rings. The summed E-state index contributed by atoms with van der Waals surface area (Å²) in [7, 11) is 1.61. The van der Waals surface area contributed by atoms with Gasteiger partial charge in [-0.15, -0.1) is 0 Å². The quantitative estimate of drug-likeness (QED) is 0.526. The van der Waals surface area contributed by atoms with Crippen molar-refractivity contribution in [1.82, 2.24) is 15.0 Å². The van der Waals surface area contributed by atoms with Gasteiger partial charge in [-0.3, -0.25) is 19.1 Å². The van der Waals surface area contributed by atoms with Crippen LogP contribution >= 0.6 is 0 Å². The van der Waals surface area contributed by atoms with Crippen molar-refractivity contribution in [2.45, 2.75) is 32.1 Å². The van der Waals surface area contributed by atoms with Crippen molar-refractivity contribution < 1.29 is 18.8 Å². The Labute approximate surface area is 187 Å². The highest BCUT2D eigenvalue weighted by molar-refractivity contribution is 6.88. The summed E-state index contributed by atoms with van der Waals surface area (Å²) in [5.41, 5.74) is 1.49. The Morgan fingerprint density at radius 2 is 1.72 bits per heavy atom. The zero-order chi connectivity index (χ0) is 23.5. The van der Waals surface area contributed by atoms with E-state index in [1.807, 2.05) is 12.1 Å². The van der Waals surface area contributed by atoms with Gasteiger partial charge in [0.2, 0.25) is 5.82 Å². The lowest BCUT2D eigenvalue weighted by molar-refractivity contribution is -0.122. The Morgan fingerprint density at radius 3 is 2.22 bits per heavy atom. The van der Waals surface area contributed by atoms with E-state index in [0.717, 1.165) is 5.56 Å². The number of nitrogens with zero attached hydrogens (tertiary/aromatic N) is 2. The van der Waals surface area contributed by atoms with E-state index in [0.29, 0.717) is 11.3 Å². The Hall–Kier alpha value is -3.46. The molecule has 1 heterocycles. The summed E-state index contributed by atoms with van der Waals surface area (Å²) in [6.45, 7) is 6.80. The number of Topliss-reactive ketones (excluding diaryl/α,β-unsaturated/α-hetero) is 1. The molecule has 0 fully saturated rings. The van der Waals surface area contributed by atoms with Crippen molar-refractivity contribution in [3.63, 3.8) is 0 Å². The van der Waals surface area contributed by atoms with Crippen LogP contribution in [-0.4, -0.2) is 49.0 Å². The predicted molar refractivity (Wildman–Crippen MR) is 123 cm³/mol. The second-order valence-corrected chi connectivity index (χ2v) is 13.7. The van der Waals surface area contributed by atoms with Gasteiger partial charge in [-0.25, -0.2) is 4.79 Å². The second kappa shape index (κ2) is 9.35. The maximum Gasteiger partial charge on any atom is 0.439 e. The van der Waals surface area contributed by atoms with Crippen LogP contribution in [0.1, 0.15) is 27.8 Å². The maximum atomic E-state index is 13.4. The number of benzene rings is 2. The number of rotatable bonds is 8. The third kappa shape index (κ3) is 5.23. The molecule has 0 saturated carbocycles. The van der Waals surface area contributed by atoms with Gasteiger partial charge in [0, 0.05) is 13.5 Å². The van der Waals surface area contributed by atoms with Crippen molar-refractivity contribution in [2.75, 3.05) is 14.2 Å². The molecule has 2 aromatic carbocycles. The summed E-state index contributed by atoms with van der Waals surface area (Å²) in [4.78, 5) is 41.0. The van der Waals surface area contributed by atoms with Crippen LogP contribution in [0, 0.1) is 0 Å². The lowest BCUT2D eigenvalue weighted by atomic mass is 9.96. The lowest BCUT2D eigenvalue weighted by Gasteiger charge is -2.27. The van der Waals surface area contributed by atoms with E-state index in [1.165, 1.54) is 17.1 Å². The average molecular weight is 454 g/mol. The Morgan fingerprint density at radius 1 is 1.09 bits per heavy atom. The number of H-pyrrole nitrogens is 1. The van der Waals surface area contributed by atoms with Crippen molar-refractivity contribution in [2.24, 2.45) is 0 Å². The zero-order valence-electron chi connectivity index (χ0n) is 18.8. The molecule has 3 aromatic rings. The van der Waals surface area contributed by atoms with Crippen LogP contribution in [0.2, 0.25) is 19.6 Å². The Balaban J connectivity index is 1.91. The molecule has 1 unspecified atom stereocenters. The van der Waals surface area contributed by atoms with Crippen molar-refractivity contribution in [1.29, 1.82) is 0 Å². The first-order chi connectivity index (χ1) is 15.1. The van der Waals surface area contributed by atoms with Crippen LogP contribution < -0.4 is 15.7 Å². The first-order valence-corrected chi connectivity index (χ1v) is 13.7. The van der Waals surface area contributed by atoms with Gasteiger partial charge in [0.15, 0.2) is 5.78 Å². The van der Waals surface area contributed by atoms with Gasteiger partial charge in [0.05, 0.1) is 15.2 Å². The lowest BCUT2D eigenvalue weighted by Crippen LogP contribution is -2.38. The molecule has 0 aliphatic carbocycles. The minimum atomic E-state index is -1.44. The van der Waals surface area contributed by atoms with Crippen LogP contribution in [0.3, 0.4) is 0 Å². The number of amides is 1. The van der Waals surface area contributed by atoms with Gasteiger partial charge in [0.25, 0.3) is 5.91 Å². The monoisotopic (exact) mass is 453 g/mol. The van der Waals surface area contributed by atoms with Gasteiger partial charge >= 0.3 is 5.76 Å². The van der Waals surface area contributed by atoms with E-state index < -0.39 is 25.8 Å². The minimum absolute atomic E-state index is 0.148. The molecule has 3 rings (SSSR count). The van der Waals surface area contributed by atoms with E-state index in [9.17, 15) is 14.4 Å². The van der Waals surface area contributed by atoms with E-state index in [2.05, 4.69) is 46.4 Å². The van der Waals surface area contributed by atoms with Crippen LogP contribution in [0.25, 0.3) is 0 Å².